The highest BCUT2D eigenvalue weighted by Gasteiger charge is 2.06. The first-order valence-corrected chi connectivity index (χ1v) is 5.63. The number of nitrogens with two attached hydrogens (primary N) is 1. The minimum Gasteiger partial charge on any atom is -0.397 e. The van der Waals surface area contributed by atoms with E-state index >= 15 is 0 Å². The minimum atomic E-state index is 0.812. The molecule has 2 aromatic rings. The summed E-state index contributed by atoms with van der Waals surface area (Å²) < 4.78 is 0. The number of pyridine rings is 1. The van der Waals surface area contributed by atoms with Crippen molar-refractivity contribution in [1.82, 2.24) is 4.98 Å². The Labute approximate surface area is 102 Å². The summed E-state index contributed by atoms with van der Waals surface area (Å²) in [6.45, 7) is 2.90. The topological polar surface area (TPSA) is 42.1 Å². The zero-order valence-electron chi connectivity index (χ0n) is 10.2. The number of aromatic nitrogens is 1. The fraction of sp³-hybridized carbons (Fsp3) is 0.214. The molecule has 0 saturated heterocycles. The molecule has 1 heterocycles. The fourth-order valence-electron chi connectivity index (χ4n) is 1.83. The molecule has 1 aromatic heterocycles. The lowest BCUT2D eigenvalue weighted by atomic mass is 10.1. The van der Waals surface area contributed by atoms with E-state index in [0.717, 1.165) is 17.9 Å². The molecule has 3 heteroatoms. The van der Waals surface area contributed by atoms with Crippen molar-refractivity contribution in [2.24, 2.45) is 0 Å². The van der Waals surface area contributed by atoms with Crippen molar-refractivity contribution >= 4 is 11.4 Å². The SMILES string of the molecule is Cc1ccc(N)c(N(C)Cc2ccncc2)c1. The molecule has 1 aromatic carbocycles. The fourth-order valence-corrected chi connectivity index (χ4v) is 1.83. The third-order valence-corrected chi connectivity index (χ3v) is 2.77. The predicted molar refractivity (Wildman–Crippen MR) is 71.9 cm³/mol. The molecular formula is C14H17N3. The van der Waals surface area contributed by atoms with Crippen molar-refractivity contribution in [3.63, 3.8) is 0 Å². The normalized spacial score (nSPS) is 10.2. The van der Waals surface area contributed by atoms with Crippen LogP contribution in [-0.2, 0) is 6.54 Å². The van der Waals surface area contributed by atoms with Gasteiger partial charge in [-0.15, -0.1) is 0 Å². The molecule has 2 rings (SSSR count). The van der Waals surface area contributed by atoms with Gasteiger partial charge in [0, 0.05) is 26.0 Å². The maximum absolute atomic E-state index is 5.99. The Morgan fingerprint density at radius 1 is 1.18 bits per heavy atom. The summed E-state index contributed by atoms with van der Waals surface area (Å²) in [7, 11) is 2.05. The second-order valence-corrected chi connectivity index (χ2v) is 4.27. The second-order valence-electron chi connectivity index (χ2n) is 4.27. The molecule has 0 fully saturated rings. The number of aryl methyl sites for hydroxylation is 1. The van der Waals surface area contributed by atoms with Crippen LogP contribution < -0.4 is 10.6 Å². The van der Waals surface area contributed by atoms with Crippen LogP contribution in [0.1, 0.15) is 11.1 Å². The number of benzene rings is 1. The van der Waals surface area contributed by atoms with E-state index < -0.39 is 0 Å². The standard InChI is InChI=1S/C14H17N3/c1-11-3-4-13(15)14(9-11)17(2)10-12-5-7-16-8-6-12/h3-9H,10,15H2,1-2H3. The van der Waals surface area contributed by atoms with Gasteiger partial charge >= 0.3 is 0 Å². The monoisotopic (exact) mass is 227 g/mol. The summed E-state index contributed by atoms with van der Waals surface area (Å²) in [6.07, 6.45) is 3.62. The van der Waals surface area contributed by atoms with Crippen molar-refractivity contribution in [3.05, 3.63) is 53.9 Å². The lowest BCUT2D eigenvalue weighted by Gasteiger charge is -2.21. The highest BCUT2D eigenvalue weighted by molar-refractivity contribution is 5.68. The van der Waals surface area contributed by atoms with Gasteiger partial charge in [0.2, 0.25) is 0 Å². The summed E-state index contributed by atoms with van der Waals surface area (Å²) in [6, 6.07) is 10.1. The van der Waals surface area contributed by atoms with Gasteiger partial charge in [-0.25, -0.2) is 0 Å². The number of nitrogen functional groups attached to an aromatic ring is 1. The average Bonchev–Trinajstić information content (AvgIpc) is 2.33. The van der Waals surface area contributed by atoms with E-state index in [0.29, 0.717) is 0 Å². The Kier molecular flexibility index (Phi) is 3.28. The first-order chi connectivity index (χ1) is 8.16. The lowest BCUT2D eigenvalue weighted by molar-refractivity contribution is 0.920. The molecule has 0 aliphatic heterocycles. The van der Waals surface area contributed by atoms with Gasteiger partial charge in [0.1, 0.15) is 0 Å². The van der Waals surface area contributed by atoms with Crippen LogP contribution in [0.2, 0.25) is 0 Å². The number of anilines is 2. The Morgan fingerprint density at radius 3 is 2.59 bits per heavy atom. The van der Waals surface area contributed by atoms with E-state index in [2.05, 4.69) is 22.9 Å². The van der Waals surface area contributed by atoms with Crippen molar-refractivity contribution in [2.75, 3.05) is 17.7 Å². The van der Waals surface area contributed by atoms with E-state index in [1.54, 1.807) is 0 Å². The van der Waals surface area contributed by atoms with Gasteiger partial charge in [-0.2, -0.15) is 0 Å². The van der Waals surface area contributed by atoms with Crippen LogP contribution in [0.3, 0.4) is 0 Å². The molecule has 0 radical (unpaired) electrons. The maximum Gasteiger partial charge on any atom is 0.0603 e. The highest BCUT2D eigenvalue weighted by Crippen LogP contribution is 2.24. The highest BCUT2D eigenvalue weighted by atomic mass is 15.1. The molecule has 0 bridgehead atoms. The van der Waals surface area contributed by atoms with Gasteiger partial charge in [0.05, 0.1) is 11.4 Å². The molecule has 0 saturated carbocycles. The summed E-state index contributed by atoms with van der Waals surface area (Å²) >= 11 is 0. The number of nitrogens with zero attached hydrogens (tertiary/aromatic N) is 2. The second kappa shape index (κ2) is 4.87. The maximum atomic E-state index is 5.99. The summed E-state index contributed by atoms with van der Waals surface area (Å²) in [5, 5.41) is 0. The average molecular weight is 227 g/mol. The molecule has 0 spiro atoms. The number of hydrogen-bond acceptors (Lipinski definition) is 3. The summed E-state index contributed by atoms with van der Waals surface area (Å²) in [5.74, 6) is 0. The molecule has 0 aliphatic carbocycles. The van der Waals surface area contributed by atoms with E-state index in [4.69, 9.17) is 5.73 Å². The van der Waals surface area contributed by atoms with Gasteiger partial charge < -0.3 is 10.6 Å². The van der Waals surface area contributed by atoms with Crippen LogP contribution >= 0.6 is 0 Å². The Bertz CT molecular complexity index is 494. The number of rotatable bonds is 3. The van der Waals surface area contributed by atoms with Gasteiger partial charge in [0.25, 0.3) is 0 Å². The smallest absolute Gasteiger partial charge is 0.0603 e. The first kappa shape index (κ1) is 11.5. The minimum absolute atomic E-state index is 0.812. The largest absolute Gasteiger partial charge is 0.397 e. The molecule has 0 aliphatic rings. The van der Waals surface area contributed by atoms with Crippen LogP contribution in [0.15, 0.2) is 42.7 Å². The third-order valence-electron chi connectivity index (χ3n) is 2.77. The predicted octanol–water partition coefficient (Wildman–Crippen LogP) is 2.61. The van der Waals surface area contributed by atoms with Gasteiger partial charge in [0.15, 0.2) is 0 Å². The Balaban J connectivity index is 2.20. The van der Waals surface area contributed by atoms with Gasteiger partial charge in [-0.3, -0.25) is 4.98 Å². The van der Waals surface area contributed by atoms with E-state index in [-0.39, 0.29) is 0 Å². The zero-order valence-corrected chi connectivity index (χ0v) is 10.2. The molecule has 17 heavy (non-hydrogen) atoms. The van der Waals surface area contributed by atoms with Gasteiger partial charge in [-0.05, 0) is 42.3 Å². The Hall–Kier alpha value is -2.03. The lowest BCUT2D eigenvalue weighted by Crippen LogP contribution is -2.17. The van der Waals surface area contributed by atoms with Crippen molar-refractivity contribution < 1.29 is 0 Å². The zero-order chi connectivity index (χ0) is 12.3. The van der Waals surface area contributed by atoms with Gasteiger partial charge in [-0.1, -0.05) is 6.07 Å². The molecule has 0 unspecified atom stereocenters. The Morgan fingerprint density at radius 2 is 1.88 bits per heavy atom. The molecule has 0 atom stereocenters. The molecular weight excluding hydrogens is 210 g/mol. The van der Waals surface area contributed by atoms with Crippen LogP contribution in [0.5, 0.6) is 0 Å². The van der Waals surface area contributed by atoms with Crippen LogP contribution in [-0.4, -0.2) is 12.0 Å². The van der Waals surface area contributed by atoms with E-state index in [9.17, 15) is 0 Å². The third kappa shape index (κ3) is 2.75. The van der Waals surface area contributed by atoms with Crippen molar-refractivity contribution in [1.29, 1.82) is 0 Å². The van der Waals surface area contributed by atoms with Crippen LogP contribution in [0.25, 0.3) is 0 Å². The molecule has 88 valence electrons. The van der Waals surface area contributed by atoms with Crippen LogP contribution in [0.4, 0.5) is 11.4 Å². The quantitative estimate of drug-likeness (QED) is 0.819. The van der Waals surface area contributed by atoms with Crippen LogP contribution in [0, 0.1) is 6.92 Å². The molecule has 0 amide bonds. The van der Waals surface area contributed by atoms with Crippen molar-refractivity contribution in [2.45, 2.75) is 13.5 Å². The van der Waals surface area contributed by atoms with E-state index in [1.165, 1.54) is 11.1 Å². The molecule has 3 nitrogen and oxygen atoms in total. The number of hydrogen-bond donors (Lipinski definition) is 1. The summed E-state index contributed by atoms with van der Waals surface area (Å²) in [4.78, 5) is 6.16. The molecule has 2 N–H and O–H groups in total. The van der Waals surface area contributed by atoms with E-state index in [1.807, 2.05) is 43.7 Å². The first-order valence-electron chi connectivity index (χ1n) is 5.63. The summed E-state index contributed by atoms with van der Waals surface area (Å²) in [5.41, 5.74) is 10.3. The van der Waals surface area contributed by atoms with Crippen molar-refractivity contribution in [3.8, 4) is 0 Å².